The number of carbonyl (C=O) groups excluding carboxylic acids is 1. The summed E-state index contributed by atoms with van der Waals surface area (Å²) >= 11 is 0. The van der Waals surface area contributed by atoms with Crippen molar-refractivity contribution >= 4 is 5.91 Å². The molecule has 2 saturated heterocycles. The minimum Gasteiger partial charge on any atom is -0.348 e. The standard InChI is InChI=1S/C15H19N5O2/c16-9-11-1-3-12(4-2-11)14-15(22-14)20-7-5-19(6-8-20)10-13(21)18-17/h1-4,14-15H,5-8,10,17H2,(H,18,21). The Morgan fingerprint density at radius 1 is 1.32 bits per heavy atom. The number of piperazine rings is 1. The molecule has 1 aromatic carbocycles. The van der Waals surface area contributed by atoms with Crippen LogP contribution in [0.4, 0.5) is 0 Å². The third-order valence-electron chi connectivity index (χ3n) is 4.13. The predicted molar refractivity (Wildman–Crippen MR) is 79.1 cm³/mol. The van der Waals surface area contributed by atoms with E-state index in [0.717, 1.165) is 31.7 Å². The van der Waals surface area contributed by atoms with Crippen LogP contribution in [0, 0.1) is 11.3 Å². The number of rotatable bonds is 4. The molecule has 2 atom stereocenters. The van der Waals surface area contributed by atoms with Crippen LogP contribution in [0.3, 0.4) is 0 Å². The van der Waals surface area contributed by atoms with Crippen molar-refractivity contribution < 1.29 is 9.53 Å². The molecule has 0 spiro atoms. The Morgan fingerprint density at radius 2 is 2.00 bits per heavy atom. The second-order valence-corrected chi connectivity index (χ2v) is 5.56. The normalized spacial score (nSPS) is 25.5. The van der Waals surface area contributed by atoms with Gasteiger partial charge in [-0.15, -0.1) is 0 Å². The Kier molecular flexibility index (Phi) is 4.36. The largest absolute Gasteiger partial charge is 0.348 e. The number of hydrogen-bond acceptors (Lipinski definition) is 6. The molecule has 1 amide bonds. The summed E-state index contributed by atoms with van der Waals surface area (Å²) in [6.45, 7) is 3.74. The number of benzene rings is 1. The van der Waals surface area contributed by atoms with E-state index in [1.54, 1.807) is 0 Å². The lowest BCUT2D eigenvalue weighted by atomic mass is 10.1. The molecule has 2 fully saturated rings. The maximum atomic E-state index is 11.3. The first-order valence-electron chi connectivity index (χ1n) is 7.32. The van der Waals surface area contributed by atoms with Crippen LogP contribution in [0.25, 0.3) is 0 Å². The molecule has 3 rings (SSSR count). The van der Waals surface area contributed by atoms with Crippen LogP contribution in [0.2, 0.25) is 0 Å². The highest BCUT2D eigenvalue weighted by Crippen LogP contribution is 2.41. The molecule has 2 aliphatic heterocycles. The minimum absolute atomic E-state index is 0.0895. The molecule has 1 aromatic rings. The highest BCUT2D eigenvalue weighted by Gasteiger charge is 2.45. The maximum absolute atomic E-state index is 11.3. The average molecular weight is 301 g/mol. The van der Waals surface area contributed by atoms with Gasteiger partial charge in [-0.05, 0) is 17.7 Å². The Bertz CT molecular complexity index is 575. The fraction of sp³-hybridized carbons (Fsp3) is 0.467. The Morgan fingerprint density at radius 3 is 2.59 bits per heavy atom. The van der Waals surface area contributed by atoms with Crippen molar-refractivity contribution in [2.45, 2.75) is 12.3 Å². The summed E-state index contributed by atoms with van der Waals surface area (Å²) in [7, 11) is 0. The number of nitriles is 1. The van der Waals surface area contributed by atoms with Crippen molar-refractivity contribution in [3.8, 4) is 6.07 Å². The summed E-state index contributed by atoms with van der Waals surface area (Å²) in [5.41, 5.74) is 3.92. The van der Waals surface area contributed by atoms with Gasteiger partial charge in [0.1, 0.15) is 12.3 Å². The number of nitrogens with one attached hydrogen (secondary N) is 1. The Balaban J connectivity index is 1.49. The van der Waals surface area contributed by atoms with Gasteiger partial charge in [0.05, 0.1) is 18.2 Å². The molecule has 22 heavy (non-hydrogen) atoms. The lowest BCUT2D eigenvalue weighted by Gasteiger charge is -2.33. The second-order valence-electron chi connectivity index (χ2n) is 5.56. The lowest BCUT2D eigenvalue weighted by molar-refractivity contribution is -0.122. The zero-order valence-corrected chi connectivity index (χ0v) is 12.2. The van der Waals surface area contributed by atoms with Crippen molar-refractivity contribution in [2.75, 3.05) is 32.7 Å². The SMILES string of the molecule is N#Cc1ccc(C2OC2N2CCN(CC(=O)NN)CC2)cc1. The molecule has 0 saturated carbocycles. The number of epoxide rings is 1. The molecule has 7 nitrogen and oxygen atoms in total. The van der Waals surface area contributed by atoms with Crippen molar-refractivity contribution in [1.82, 2.24) is 15.2 Å². The molecule has 116 valence electrons. The maximum Gasteiger partial charge on any atom is 0.248 e. The van der Waals surface area contributed by atoms with Gasteiger partial charge in [0, 0.05) is 26.2 Å². The summed E-state index contributed by atoms with van der Waals surface area (Å²) in [6.07, 6.45) is 0.199. The fourth-order valence-electron chi connectivity index (χ4n) is 2.80. The molecule has 2 unspecified atom stereocenters. The molecule has 0 aliphatic carbocycles. The van der Waals surface area contributed by atoms with E-state index in [0.29, 0.717) is 12.1 Å². The van der Waals surface area contributed by atoms with Crippen molar-refractivity contribution in [2.24, 2.45) is 5.84 Å². The summed E-state index contributed by atoms with van der Waals surface area (Å²) in [5.74, 6) is 4.94. The molecular weight excluding hydrogens is 282 g/mol. The van der Waals surface area contributed by atoms with Gasteiger partial charge in [0.15, 0.2) is 0 Å². The van der Waals surface area contributed by atoms with E-state index < -0.39 is 0 Å². The Labute approximate surface area is 129 Å². The zero-order chi connectivity index (χ0) is 15.5. The summed E-state index contributed by atoms with van der Waals surface area (Å²) < 4.78 is 5.78. The van der Waals surface area contributed by atoms with Gasteiger partial charge in [-0.25, -0.2) is 5.84 Å². The molecular formula is C15H19N5O2. The van der Waals surface area contributed by atoms with E-state index in [2.05, 4.69) is 21.3 Å². The van der Waals surface area contributed by atoms with Gasteiger partial charge >= 0.3 is 0 Å². The molecule has 0 aromatic heterocycles. The second kappa shape index (κ2) is 6.42. The third kappa shape index (κ3) is 3.26. The number of carbonyl (C=O) groups is 1. The van der Waals surface area contributed by atoms with Crippen LogP contribution in [-0.4, -0.2) is 54.7 Å². The van der Waals surface area contributed by atoms with E-state index in [-0.39, 0.29) is 18.2 Å². The highest BCUT2D eigenvalue weighted by atomic mass is 16.6. The number of nitrogens with zero attached hydrogens (tertiary/aromatic N) is 3. The van der Waals surface area contributed by atoms with Gasteiger partial charge in [-0.2, -0.15) is 5.26 Å². The molecule has 7 heteroatoms. The first kappa shape index (κ1) is 14.9. The van der Waals surface area contributed by atoms with E-state index in [1.165, 1.54) is 0 Å². The molecule has 3 N–H and O–H groups in total. The van der Waals surface area contributed by atoms with Crippen molar-refractivity contribution in [3.63, 3.8) is 0 Å². The lowest BCUT2D eigenvalue weighted by Crippen LogP contribution is -2.51. The van der Waals surface area contributed by atoms with Crippen molar-refractivity contribution in [3.05, 3.63) is 35.4 Å². The number of nitrogens with two attached hydrogens (primary N) is 1. The van der Waals surface area contributed by atoms with Crippen LogP contribution in [0.5, 0.6) is 0 Å². The minimum atomic E-state index is -0.161. The smallest absolute Gasteiger partial charge is 0.248 e. The van der Waals surface area contributed by atoms with Crippen LogP contribution in [0.15, 0.2) is 24.3 Å². The summed E-state index contributed by atoms with van der Waals surface area (Å²) in [4.78, 5) is 15.6. The van der Waals surface area contributed by atoms with E-state index in [1.807, 2.05) is 24.3 Å². The molecule has 0 bridgehead atoms. The monoisotopic (exact) mass is 301 g/mol. The van der Waals surface area contributed by atoms with Crippen LogP contribution < -0.4 is 11.3 Å². The summed E-state index contributed by atoms with van der Waals surface area (Å²) in [5, 5.41) is 8.81. The third-order valence-corrected chi connectivity index (χ3v) is 4.13. The van der Waals surface area contributed by atoms with Crippen LogP contribution in [-0.2, 0) is 9.53 Å². The number of hydrogen-bond donors (Lipinski definition) is 2. The quantitative estimate of drug-likeness (QED) is 0.339. The number of ether oxygens (including phenoxy) is 1. The number of amides is 1. The molecule has 0 radical (unpaired) electrons. The van der Waals surface area contributed by atoms with Crippen molar-refractivity contribution in [1.29, 1.82) is 5.26 Å². The first-order chi connectivity index (χ1) is 10.7. The molecule has 2 aliphatic rings. The summed E-state index contributed by atoms with van der Waals surface area (Å²) in [6, 6.07) is 9.65. The average Bonchev–Trinajstić information content (AvgIpc) is 3.36. The zero-order valence-electron chi connectivity index (χ0n) is 12.2. The van der Waals surface area contributed by atoms with Gasteiger partial charge in [0.25, 0.3) is 0 Å². The van der Waals surface area contributed by atoms with Crippen LogP contribution >= 0.6 is 0 Å². The first-order valence-corrected chi connectivity index (χ1v) is 7.32. The topological polar surface area (TPSA) is 97.9 Å². The van der Waals surface area contributed by atoms with Gasteiger partial charge < -0.3 is 4.74 Å². The van der Waals surface area contributed by atoms with E-state index in [4.69, 9.17) is 15.8 Å². The predicted octanol–water partition coefficient (Wildman–Crippen LogP) is -0.437. The Hall–Kier alpha value is -1.98. The van der Waals surface area contributed by atoms with E-state index >= 15 is 0 Å². The molecule has 2 heterocycles. The van der Waals surface area contributed by atoms with Gasteiger partial charge in [-0.1, -0.05) is 12.1 Å². The van der Waals surface area contributed by atoms with Crippen LogP contribution in [0.1, 0.15) is 17.2 Å². The fourth-order valence-corrected chi connectivity index (χ4v) is 2.80. The van der Waals surface area contributed by atoms with Gasteiger partial charge in [-0.3, -0.25) is 20.0 Å². The number of hydrazine groups is 1. The highest BCUT2D eigenvalue weighted by molar-refractivity contribution is 5.77. The van der Waals surface area contributed by atoms with Gasteiger partial charge in [0.2, 0.25) is 5.91 Å². The van der Waals surface area contributed by atoms with E-state index in [9.17, 15) is 4.79 Å².